The molecule has 1 saturated carbocycles. The van der Waals surface area contributed by atoms with Crippen LogP contribution in [0.3, 0.4) is 0 Å². The van der Waals surface area contributed by atoms with Gasteiger partial charge in [0.05, 0.1) is 6.04 Å². The monoisotopic (exact) mass is 363 g/mol. The van der Waals surface area contributed by atoms with Crippen molar-refractivity contribution in [3.8, 4) is 0 Å². The van der Waals surface area contributed by atoms with E-state index in [2.05, 4.69) is 10.2 Å². The molecular weight excluding hydrogens is 338 g/mol. The molecule has 136 valence electrons. The van der Waals surface area contributed by atoms with Crippen LogP contribution in [0, 0.1) is 0 Å². The predicted octanol–water partition coefficient (Wildman–Crippen LogP) is 2.55. The van der Waals surface area contributed by atoms with E-state index in [1.165, 1.54) is 12.8 Å². The van der Waals surface area contributed by atoms with E-state index in [1.807, 2.05) is 11.8 Å². The first-order valence-corrected chi connectivity index (χ1v) is 9.51. The number of amides is 2. The van der Waals surface area contributed by atoms with E-state index in [1.54, 1.807) is 24.3 Å². The molecule has 0 bridgehead atoms. The third-order valence-electron chi connectivity index (χ3n) is 5.32. The quantitative estimate of drug-likeness (QED) is 0.894. The van der Waals surface area contributed by atoms with Crippen LogP contribution in [0.15, 0.2) is 24.3 Å². The summed E-state index contributed by atoms with van der Waals surface area (Å²) in [5, 5.41) is 3.80. The van der Waals surface area contributed by atoms with Crippen LogP contribution >= 0.6 is 11.6 Å². The summed E-state index contributed by atoms with van der Waals surface area (Å²) in [5.74, 6) is 0.142. The summed E-state index contributed by atoms with van der Waals surface area (Å²) in [4.78, 5) is 29.0. The lowest BCUT2D eigenvalue weighted by Crippen LogP contribution is -2.55. The Morgan fingerprint density at radius 1 is 1.08 bits per heavy atom. The van der Waals surface area contributed by atoms with Crippen LogP contribution in [-0.2, 0) is 4.79 Å². The number of piperazine rings is 1. The second-order valence-electron chi connectivity index (χ2n) is 7.00. The Hall–Kier alpha value is -1.59. The molecule has 0 radical (unpaired) electrons. The van der Waals surface area contributed by atoms with Crippen LogP contribution in [0.25, 0.3) is 0 Å². The molecule has 1 saturated heterocycles. The van der Waals surface area contributed by atoms with Crippen molar-refractivity contribution < 1.29 is 9.59 Å². The van der Waals surface area contributed by atoms with E-state index in [0.29, 0.717) is 29.7 Å². The molecule has 0 aromatic heterocycles. The van der Waals surface area contributed by atoms with Gasteiger partial charge in [-0.05, 0) is 44.0 Å². The van der Waals surface area contributed by atoms with E-state index in [0.717, 1.165) is 25.9 Å². The SMILES string of the molecule is CC(C(=O)NC1CCCC1)N1CCN(C(=O)c2ccc(Cl)cc2)CC1. The predicted molar refractivity (Wildman–Crippen MR) is 98.8 cm³/mol. The maximum atomic E-state index is 12.5. The zero-order valence-corrected chi connectivity index (χ0v) is 15.5. The average Bonchev–Trinajstić information content (AvgIpc) is 3.14. The molecule has 0 spiro atoms. The molecule has 1 aliphatic carbocycles. The van der Waals surface area contributed by atoms with Gasteiger partial charge in [0, 0.05) is 42.8 Å². The van der Waals surface area contributed by atoms with Gasteiger partial charge in [-0.15, -0.1) is 0 Å². The van der Waals surface area contributed by atoms with Crippen molar-refractivity contribution in [2.24, 2.45) is 0 Å². The summed E-state index contributed by atoms with van der Waals surface area (Å²) < 4.78 is 0. The molecule has 1 aromatic carbocycles. The van der Waals surface area contributed by atoms with Crippen molar-refractivity contribution in [3.63, 3.8) is 0 Å². The van der Waals surface area contributed by atoms with Crippen LogP contribution in [-0.4, -0.2) is 59.9 Å². The fraction of sp³-hybridized carbons (Fsp3) is 0.579. The van der Waals surface area contributed by atoms with Gasteiger partial charge in [0.2, 0.25) is 5.91 Å². The van der Waals surface area contributed by atoms with Crippen LogP contribution in [0.2, 0.25) is 5.02 Å². The standard InChI is InChI=1S/C19H26ClN3O2/c1-14(18(24)21-17-4-2-3-5-17)22-10-12-23(13-11-22)19(25)15-6-8-16(20)9-7-15/h6-9,14,17H,2-5,10-13H2,1H3,(H,21,24). The van der Waals surface area contributed by atoms with Gasteiger partial charge in [0.1, 0.15) is 0 Å². The molecule has 1 aliphatic heterocycles. The first-order valence-electron chi connectivity index (χ1n) is 9.14. The van der Waals surface area contributed by atoms with Gasteiger partial charge in [0.25, 0.3) is 5.91 Å². The summed E-state index contributed by atoms with van der Waals surface area (Å²) in [6.45, 7) is 4.68. The maximum Gasteiger partial charge on any atom is 0.253 e. The first-order chi connectivity index (χ1) is 12.0. The Bertz CT molecular complexity index is 606. The molecule has 5 nitrogen and oxygen atoms in total. The third kappa shape index (κ3) is 4.53. The lowest BCUT2D eigenvalue weighted by molar-refractivity contribution is -0.127. The second-order valence-corrected chi connectivity index (χ2v) is 7.44. The molecule has 6 heteroatoms. The molecule has 3 rings (SSSR count). The summed E-state index contributed by atoms with van der Waals surface area (Å²) >= 11 is 5.88. The fourth-order valence-corrected chi connectivity index (χ4v) is 3.77. The number of hydrogen-bond donors (Lipinski definition) is 1. The second kappa shape index (κ2) is 8.19. The number of rotatable bonds is 4. The lowest BCUT2D eigenvalue weighted by Gasteiger charge is -2.37. The Kier molecular flexibility index (Phi) is 5.97. The minimum atomic E-state index is -0.145. The van der Waals surface area contributed by atoms with Crippen molar-refractivity contribution in [2.75, 3.05) is 26.2 Å². The van der Waals surface area contributed by atoms with Crippen molar-refractivity contribution in [3.05, 3.63) is 34.9 Å². The molecule has 1 unspecified atom stereocenters. The van der Waals surface area contributed by atoms with Crippen LogP contribution in [0.4, 0.5) is 0 Å². The van der Waals surface area contributed by atoms with Gasteiger partial charge in [-0.25, -0.2) is 0 Å². The van der Waals surface area contributed by atoms with Gasteiger partial charge in [-0.1, -0.05) is 24.4 Å². The highest BCUT2D eigenvalue weighted by atomic mass is 35.5. The molecule has 2 amide bonds. The Labute approximate surface area is 154 Å². The molecule has 1 N–H and O–H groups in total. The molecule has 25 heavy (non-hydrogen) atoms. The molecule has 1 aromatic rings. The number of halogens is 1. The number of carbonyl (C=O) groups excluding carboxylic acids is 2. The van der Waals surface area contributed by atoms with Gasteiger partial charge in [0.15, 0.2) is 0 Å². The van der Waals surface area contributed by atoms with Crippen molar-refractivity contribution in [1.29, 1.82) is 0 Å². The number of carbonyl (C=O) groups is 2. The van der Waals surface area contributed by atoms with Crippen molar-refractivity contribution in [2.45, 2.75) is 44.7 Å². The molecular formula is C19H26ClN3O2. The van der Waals surface area contributed by atoms with E-state index in [9.17, 15) is 9.59 Å². The Morgan fingerprint density at radius 2 is 1.68 bits per heavy atom. The number of hydrogen-bond acceptors (Lipinski definition) is 3. The summed E-state index contributed by atoms with van der Waals surface area (Å²) in [6.07, 6.45) is 4.62. The van der Waals surface area contributed by atoms with E-state index in [4.69, 9.17) is 11.6 Å². The van der Waals surface area contributed by atoms with E-state index >= 15 is 0 Å². The highest BCUT2D eigenvalue weighted by molar-refractivity contribution is 6.30. The van der Waals surface area contributed by atoms with Gasteiger partial charge in [-0.3, -0.25) is 14.5 Å². The Morgan fingerprint density at radius 3 is 2.28 bits per heavy atom. The molecule has 2 aliphatic rings. The normalized spacial score (nSPS) is 20.5. The summed E-state index contributed by atoms with van der Waals surface area (Å²) in [7, 11) is 0. The van der Waals surface area contributed by atoms with Crippen molar-refractivity contribution in [1.82, 2.24) is 15.1 Å². The van der Waals surface area contributed by atoms with Gasteiger partial charge in [-0.2, -0.15) is 0 Å². The molecule has 1 heterocycles. The highest BCUT2D eigenvalue weighted by Crippen LogP contribution is 2.18. The largest absolute Gasteiger partial charge is 0.352 e. The number of nitrogens with zero attached hydrogens (tertiary/aromatic N) is 2. The van der Waals surface area contributed by atoms with Crippen molar-refractivity contribution >= 4 is 23.4 Å². The smallest absolute Gasteiger partial charge is 0.253 e. The highest BCUT2D eigenvalue weighted by Gasteiger charge is 2.29. The number of benzene rings is 1. The zero-order valence-electron chi connectivity index (χ0n) is 14.7. The van der Waals surface area contributed by atoms with Gasteiger partial charge < -0.3 is 10.2 Å². The molecule has 1 atom stereocenters. The molecule has 2 fully saturated rings. The third-order valence-corrected chi connectivity index (χ3v) is 5.57. The Balaban J connectivity index is 1.49. The van der Waals surface area contributed by atoms with E-state index < -0.39 is 0 Å². The van der Waals surface area contributed by atoms with Gasteiger partial charge >= 0.3 is 0 Å². The van der Waals surface area contributed by atoms with Crippen LogP contribution in [0.5, 0.6) is 0 Å². The zero-order chi connectivity index (χ0) is 17.8. The minimum absolute atomic E-state index is 0.0272. The fourth-order valence-electron chi connectivity index (χ4n) is 3.65. The topological polar surface area (TPSA) is 52.7 Å². The summed E-state index contributed by atoms with van der Waals surface area (Å²) in [6, 6.07) is 7.20. The van der Waals surface area contributed by atoms with Crippen LogP contribution in [0.1, 0.15) is 43.0 Å². The van der Waals surface area contributed by atoms with Crippen LogP contribution < -0.4 is 5.32 Å². The lowest BCUT2D eigenvalue weighted by atomic mass is 10.1. The van der Waals surface area contributed by atoms with E-state index in [-0.39, 0.29) is 17.9 Å². The maximum absolute atomic E-state index is 12.5. The summed E-state index contributed by atoms with van der Waals surface area (Å²) in [5.41, 5.74) is 0.657. The first kappa shape index (κ1) is 18.2. The average molecular weight is 364 g/mol. The number of nitrogens with one attached hydrogen (secondary N) is 1. The minimum Gasteiger partial charge on any atom is -0.352 e.